The summed E-state index contributed by atoms with van der Waals surface area (Å²) < 4.78 is 32.2. The van der Waals surface area contributed by atoms with Crippen LogP contribution in [0.3, 0.4) is 0 Å². The number of nitrogens with one attached hydrogen (secondary N) is 1. The summed E-state index contributed by atoms with van der Waals surface area (Å²) >= 11 is 0. The van der Waals surface area contributed by atoms with Crippen LogP contribution in [0.4, 0.5) is 5.69 Å². The number of fused-ring (bicyclic) bond motifs is 3. The van der Waals surface area contributed by atoms with Crippen LogP contribution in [0.1, 0.15) is 26.3 Å². The summed E-state index contributed by atoms with van der Waals surface area (Å²) in [5.74, 6) is -0.951. The smallest absolute Gasteiger partial charge is 0.262 e. The van der Waals surface area contributed by atoms with E-state index in [0.717, 1.165) is 0 Å². The first-order chi connectivity index (χ1) is 15.8. The van der Waals surface area contributed by atoms with Crippen molar-refractivity contribution in [3.63, 3.8) is 0 Å². The number of amides is 2. The highest BCUT2D eigenvalue weighted by Gasteiger charge is 2.37. The van der Waals surface area contributed by atoms with Gasteiger partial charge < -0.3 is 15.0 Å². The molecule has 0 bridgehead atoms. The molecule has 0 aromatic heterocycles. The number of nitrogens with zero attached hydrogens (tertiary/aromatic N) is 1. The second-order valence-electron chi connectivity index (χ2n) is 7.64. The number of anilines is 1. The highest BCUT2D eigenvalue weighted by atomic mass is 32.2. The van der Waals surface area contributed by atoms with E-state index in [1.165, 1.54) is 42.3 Å². The zero-order valence-electron chi connectivity index (χ0n) is 17.4. The summed E-state index contributed by atoms with van der Waals surface area (Å²) in [6, 6.07) is 16.8. The van der Waals surface area contributed by atoms with Crippen LogP contribution in [0.5, 0.6) is 5.75 Å². The number of ketones is 1. The fourth-order valence-electron chi connectivity index (χ4n) is 4.10. The van der Waals surface area contributed by atoms with Crippen LogP contribution in [0.25, 0.3) is 0 Å². The number of carbonyl (C=O) groups is 3. The quantitative estimate of drug-likeness (QED) is 0.489. The first kappa shape index (κ1) is 20.9. The second-order valence-corrected chi connectivity index (χ2v) is 9.53. The summed E-state index contributed by atoms with van der Waals surface area (Å²) in [4.78, 5) is 39.7. The zero-order valence-corrected chi connectivity index (χ0v) is 18.3. The van der Waals surface area contributed by atoms with Crippen molar-refractivity contribution in [2.45, 2.75) is 15.9 Å². The van der Waals surface area contributed by atoms with Gasteiger partial charge >= 0.3 is 0 Å². The molecule has 0 saturated heterocycles. The summed E-state index contributed by atoms with van der Waals surface area (Å²) in [7, 11) is -2.52. The first-order valence-corrected chi connectivity index (χ1v) is 11.6. The Bertz CT molecular complexity index is 1450. The van der Waals surface area contributed by atoms with Gasteiger partial charge in [0.25, 0.3) is 11.8 Å². The lowest BCUT2D eigenvalue weighted by molar-refractivity contribution is -0.127. The molecule has 2 heterocycles. The standard InChI is InChI=1S/C24H18N2O6S/c1-25-23(28)19-13-26(17-7-3-4-8-18(17)32-19)24(29)14-10-11-16-21(12-14)33(30,31)20-9-5-2-6-15(20)22(16)27/h2-12,19H,13H2,1H3,(H,25,28)/t19-/m1/s1. The number of sulfone groups is 1. The number of ether oxygens (including phenoxy) is 1. The molecule has 1 atom stereocenters. The average molecular weight is 462 g/mol. The fourth-order valence-corrected chi connectivity index (χ4v) is 5.77. The number of likely N-dealkylation sites (N-methyl/N-ethyl adjacent to an activating group) is 1. The van der Waals surface area contributed by atoms with Gasteiger partial charge in [0.1, 0.15) is 5.75 Å². The van der Waals surface area contributed by atoms with Crippen LogP contribution in [0.15, 0.2) is 76.5 Å². The summed E-state index contributed by atoms with van der Waals surface area (Å²) in [6.45, 7) is -0.0544. The van der Waals surface area contributed by atoms with Crippen LogP contribution in [0, 0.1) is 0 Å². The summed E-state index contributed by atoms with van der Waals surface area (Å²) in [6.07, 6.45) is -0.927. The van der Waals surface area contributed by atoms with Crippen molar-refractivity contribution in [2.75, 3.05) is 18.5 Å². The van der Waals surface area contributed by atoms with Crippen molar-refractivity contribution >= 4 is 33.1 Å². The SMILES string of the molecule is CNC(=O)[C@H]1CN(C(=O)c2ccc3c(c2)S(=O)(=O)c2ccccc2C3=O)c2ccccc2O1. The lowest BCUT2D eigenvalue weighted by Crippen LogP contribution is -2.50. The molecule has 3 aromatic carbocycles. The van der Waals surface area contributed by atoms with Crippen molar-refractivity contribution in [3.8, 4) is 5.75 Å². The molecule has 3 aromatic rings. The van der Waals surface area contributed by atoms with Gasteiger partial charge in [0.15, 0.2) is 11.9 Å². The summed E-state index contributed by atoms with van der Waals surface area (Å²) in [5.41, 5.74) is 0.678. The molecule has 0 fully saturated rings. The maximum Gasteiger partial charge on any atom is 0.262 e. The molecule has 9 heteroatoms. The number of benzene rings is 3. The van der Waals surface area contributed by atoms with E-state index in [2.05, 4.69) is 5.32 Å². The topological polar surface area (TPSA) is 110 Å². The number of para-hydroxylation sites is 2. The Morgan fingerprint density at radius 2 is 1.67 bits per heavy atom. The van der Waals surface area contributed by atoms with Gasteiger partial charge in [0.05, 0.1) is 22.0 Å². The third-order valence-electron chi connectivity index (χ3n) is 5.74. The van der Waals surface area contributed by atoms with Crippen LogP contribution >= 0.6 is 0 Å². The molecule has 1 N–H and O–H groups in total. The first-order valence-electron chi connectivity index (χ1n) is 10.1. The molecule has 8 nitrogen and oxygen atoms in total. The van der Waals surface area contributed by atoms with E-state index >= 15 is 0 Å². The van der Waals surface area contributed by atoms with E-state index in [4.69, 9.17) is 4.74 Å². The molecule has 2 aliphatic rings. The van der Waals surface area contributed by atoms with Crippen molar-refractivity contribution < 1.29 is 27.5 Å². The maximum atomic E-state index is 13.5. The van der Waals surface area contributed by atoms with Crippen LogP contribution in [0.2, 0.25) is 0 Å². The van der Waals surface area contributed by atoms with Crippen molar-refractivity contribution in [3.05, 3.63) is 83.4 Å². The number of rotatable bonds is 2. The van der Waals surface area contributed by atoms with Crippen LogP contribution in [-0.2, 0) is 14.6 Å². The van der Waals surface area contributed by atoms with Crippen LogP contribution in [-0.4, -0.2) is 45.7 Å². The minimum atomic E-state index is -3.99. The van der Waals surface area contributed by atoms with Gasteiger partial charge in [0.2, 0.25) is 9.84 Å². The van der Waals surface area contributed by atoms with Gasteiger partial charge in [-0.05, 0) is 42.5 Å². The molecule has 0 aliphatic carbocycles. The van der Waals surface area contributed by atoms with E-state index < -0.39 is 33.5 Å². The predicted molar refractivity (Wildman–Crippen MR) is 118 cm³/mol. The Hall–Kier alpha value is -3.98. The Balaban J connectivity index is 1.59. The van der Waals surface area contributed by atoms with Gasteiger partial charge in [-0.2, -0.15) is 0 Å². The molecule has 2 amide bonds. The maximum absolute atomic E-state index is 13.5. The molecule has 0 radical (unpaired) electrons. The van der Waals surface area contributed by atoms with Gasteiger partial charge in [-0.3, -0.25) is 14.4 Å². The van der Waals surface area contributed by atoms with E-state index in [1.54, 1.807) is 36.4 Å². The molecule has 0 spiro atoms. The largest absolute Gasteiger partial charge is 0.477 e. The molecule has 33 heavy (non-hydrogen) atoms. The Morgan fingerprint density at radius 3 is 2.45 bits per heavy atom. The third kappa shape index (κ3) is 3.20. The molecule has 2 aliphatic heterocycles. The molecular formula is C24H18N2O6S. The van der Waals surface area contributed by atoms with Crippen molar-refractivity contribution in [1.29, 1.82) is 0 Å². The lowest BCUT2D eigenvalue weighted by atomic mass is 10.0. The summed E-state index contributed by atoms with van der Waals surface area (Å²) in [5, 5.41) is 2.51. The Morgan fingerprint density at radius 1 is 0.970 bits per heavy atom. The monoisotopic (exact) mass is 462 g/mol. The fraction of sp³-hybridized carbons (Fsp3) is 0.125. The molecule has 0 unspecified atom stereocenters. The lowest BCUT2D eigenvalue weighted by Gasteiger charge is -2.34. The van der Waals surface area contributed by atoms with Gasteiger partial charge in [-0.15, -0.1) is 0 Å². The van der Waals surface area contributed by atoms with Crippen LogP contribution < -0.4 is 15.0 Å². The van der Waals surface area contributed by atoms with Crippen molar-refractivity contribution in [1.82, 2.24) is 5.32 Å². The highest BCUT2D eigenvalue weighted by molar-refractivity contribution is 7.91. The number of carbonyl (C=O) groups excluding carboxylic acids is 3. The van der Waals surface area contributed by atoms with Gasteiger partial charge in [0, 0.05) is 23.7 Å². The normalized spacial score (nSPS) is 17.8. The van der Waals surface area contributed by atoms with E-state index in [-0.39, 0.29) is 33.0 Å². The minimum absolute atomic E-state index is 0.0239. The van der Waals surface area contributed by atoms with E-state index in [0.29, 0.717) is 11.4 Å². The molecule has 166 valence electrons. The predicted octanol–water partition coefficient (Wildman–Crippen LogP) is 2.22. The minimum Gasteiger partial charge on any atom is -0.477 e. The zero-order chi connectivity index (χ0) is 23.3. The number of hydrogen-bond acceptors (Lipinski definition) is 6. The third-order valence-corrected chi connectivity index (χ3v) is 7.59. The second kappa shape index (κ2) is 7.56. The van der Waals surface area contributed by atoms with Gasteiger partial charge in [-0.1, -0.05) is 24.3 Å². The molecule has 5 rings (SSSR count). The van der Waals surface area contributed by atoms with Crippen molar-refractivity contribution in [2.24, 2.45) is 0 Å². The van der Waals surface area contributed by atoms with Gasteiger partial charge in [-0.25, -0.2) is 8.42 Å². The molecular weight excluding hydrogens is 444 g/mol. The Kier molecular flexibility index (Phi) is 4.79. The molecule has 0 saturated carbocycles. The Labute approximate surface area is 189 Å². The van der Waals surface area contributed by atoms with E-state index in [1.807, 2.05) is 0 Å². The number of hydrogen-bond donors (Lipinski definition) is 1. The highest BCUT2D eigenvalue weighted by Crippen LogP contribution is 2.37. The van der Waals surface area contributed by atoms with E-state index in [9.17, 15) is 22.8 Å². The average Bonchev–Trinajstić information content (AvgIpc) is 2.85.